The van der Waals surface area contributed by atoms with Gasteiger partial charge in [-0.15, -0.1) is 0 Å². The van der Waals surface area contributed by atoms with Crippen molar-refractivity contribution in [1.29, 1.82) is 0 Å². The van der Waals surface area contributed by atoms with Crippen molar-refractivity contribution in [1.82, 2.24) is 9.80 Å². The lowest BCUT2D eigenvalue weighted by molar-refractivity contribution is -0.130. The smallest absolute Gasteiger partial charge is 0.236 e. The molecule has 1 aromatic carbocycles. The Hall–Kier alpha value is -1.62. The number of likely N-dealkylation sites (N-methyl/N-ethyl adjacent to an activating group) is 1. The van der Waals surface area contributed by atoms with Crippen molar-refractivity contribution in [2.24, 2.45) is 0 Å². The van der Waals surface area contributed by atoms with Crippen LogP contribution in [0, 0.1) is 5.82 Å². The zero-order valence-electron chi connectivity index (χ0n) is 11.7. The largest absolute Gasteiger partial charge is 0.508 e. The van der Waals surface area contributed by atoms with Crippen LogP contribution in [0.25, 0.3) is 0 Å². The fourth-order valence-electron chi connectivity index (χ4n) is 1.78. The molecule has 1 N–H and O–H groups in total. The first-order valence-corrected chi connectivity index (χ1v) is 6.34. The Balaban J connectivity index is 2.77. The number of benzene rings is 1. The van der Waals surface area contributed by atoms with Gasteiger partial charge in [-0.05, 0) is 31.2 Å². The zero-order chi connectivity index (χ0) is 14.4. The van der Waals surface area contributed by atoms with Crippen LogP contribution >= 0.6 is 0 Å². The van der Waals surface area contributed by atoms with E-state index in [1.165, 1.54) is 23.1 Å². The summed E-state index contributed by atoms with van der Waals surface area (Å²) in [6.45, 7) is 3.35. The minimum Gasteiger partial charge on any atom is -0.508 e. The molecular weight excluding hydrogens is 247 g/mol. The third-order valence-corrected chi connectivity index (χ3v) is 2.83. The lowest BCUT2D eigenvalue weighted by Gasteiger charge is -2.23. The van der Waals surface area contributed by atoms with E-state index in [1.807, 2.05) is 11.8 Å². The SMILES string of the molecule is CCCN(CC(=O)N(C)C)Cc1cc(F)ccc1O. The summed E-state index contributed by atoms with van der Waals surface area (Å²) in [4.78, 5) is 15.1. The molecule has 1 aromatic rings. The average molecular weight is 268 g/mol. The number of phenols is 1. The summed E-state index contributed by atoms with van der Waals surface area (Å²) < 4.78 is 13.2. The molecule has 0 aromatic heterocycles. The first kappa shape index (κ1) is 15.4. The zero-order valence-corrected chi connectivity index (χ0v) is 11.7. The van der Waals surface area contributed by atoms with Crippen LogP contribution in [0.1, 0.15) is 18.9 Å². The first-order valence-electron chi connectivity index (χ1n) is 6.34. The van der Waals surface area contributed by atoms with Crippen LogP contribution in [0.2, 0.25) is 0 Å². The highest BCUT2D eigenvalue weighted by atomic mass is 19.1. The normalized spacial score (nSPS) is 10.8. The molecule has 4 nitrogen and oxygen atoms in total. The fourth-order valence-corrected chi connectivity index (χ4v) is 1.78. The molecule has 0 spiro atoms. The van der Waals surface area contributed by atoms with E-state index in [-0.39, 0.29) is 24.0 Å². The Labute approximate surface area is 113 Å². The van der Waals surface area contributed by atoms with E-state index in [0.29, 0.717) is 12.1 Å². The minimum absolute atomic E-state index is 0.00987. The summed E-state index contributed by atoms with van der Waals surface area (Å²) in [5, 5.41) is 9.71. The molecule has 0 atom stereocenters. The highest BCUT2D eigenvalue weighted by molar-refractivity contribution is 5.77. The van der Waals surface area contributed by atoms with Crippen LogP contribution in [0.5, 0.6) is 5.75 Å². The molecule has 0 radical (unpaired) electrons. The van der Waals surface area contributed by atoms with Crippen LogP contribution in [0.15, 0.2) is 18.2 Å². The molecule has 106 valence electrons. The highest BCUT2D eigenvalue weighted by Crippen LogP contribution is 2.19. The van der Waals surface area contributed by atoms with Crippen LogP contribution in [-0.4, -0.2) is 48.0 Å². The minimum atomic E-state index is -0.386. The van der Waals surface area contributed by atoms with Gasteiger partial charge in [0.2, 0.25) is 5.91 Å². The van der Waals surface area contributed by atoms with Crippen LogP contribution in [-0.2, 0) is 11.3 Å². The lowest BCUT2D eigenvalue weighted by atomic mass is 10.1. The van der Waals surface area contributed by atoms with Gasteiger partial charge < -0.3 is 10.0 Å². The van der Waals surface area contributed by atoms with Crippen molar-refractivity contribution in [3.8, 4) is 5.75 Å². The number of aromatic hydroxyl groups is 1. The molecule has 0 aliphatic heterocycles. The van der Waals surface area contributed by atoms with Gasteiger partial charge in [-0.1, -0.05) is 6.92 Å². The number of halogens is 1. The fraction of sp³-hybridized carbons (Fsp3) is 0.500. The number of carbonyl (C=O) groups is 1. The van der Waals surface area contributed by atoms with E-state index in [4.69, 9.17) is 0 Å². The van der Waals surface area contributed by atoms with E-state index in [9.17, 15) is 14.3 Å². The van der Waals surface area contributed by atoms with Gasteiger partial charge in [0, 0.05) is 26.2 Å². The summed E-state index contributed by atoms with van der Waals surface area (Å²) in [5.74, 6) is -0.340. The van der Waals surface area contributed by atoms with E-state index >= 15 is 0 Å². The van der Waals surface area contributed by atoms with E-state index in [2.05, 4.69) is 0 Å². The first-order chi connectivity index (χ1) is 8.93. The van der Waals surface area contributed by atoms with Crippen LogP contribution in [0.3, 0.4) is 0 Å². The molecule has 19 heavy (non-hydrogen) atoms. The van der Waals surface area contributed by atoms with Crippen molar-refractivity contribution in [3.63, 3.8) is 0 Å². The van der Waals surface area contributed by atoms with Gasteiger partial charge in [-0.2, -0.15) is 0 Å². The summed E-state index contributed by atoms with van der Waals surface area (Å²) >= 11 is 0. The molecule has 0 bridgehead atoms. The van der Waals surface area contributed by atoms with Crippen molar-refractivity contribution in [2.45, 2.75) is 19.9 Å². The number of hydrogen-bond acceptors (Lipinski definition) is 3. The van der Waals surface area contributed by atoms with Gasteiger partial charge in [0.25, 0.3) is 0 Å². The lowest BCUT2D eigenvalue weighted by Crippen LogP contribution is -2.36. The van der Waals surface area contributed by atoms with Gasteiger partial charge in [0.05, 0.1) is 6.54 Å². The maximum Gasteiger partial charge on any atom is 0.236 e. The van der Waals surface area contributed by atoms with Crippen molar-refractivity contribution >= 4 is 5.91 Å². The number of carbonyl (C=O) groups excluding carboxylic acids is 1. The Morgan fingerprint density at radius 1 is 1.37 bits per heavy atom. The second-order valence-corrected chi connectivity index (χ2v) is 4.77. The molecule has 1 rings (SSSR count). The van der Waals surface area contributed by atoms with Crippen molar-refractivity contribution < 1.29 is 14.3 Å². The third-order valence-electron chi connectivity index (χ3n) is 2.83. The molecular formula is C14H21FN2O2. The second-order valence-electron chi connectivity index (χ2n) is 4.77. The van der Waals surface area contributed by atoms with Gasteiger partial charge in [-0.25, -0.2) is 4.39 Å². The Morgan fingerprint density at radius 3 is 2.63 bits per heavy atom. The number of hydrogen-bond donors (Lipinski definition) is 1. The Morgan fingerprint density at radius 2 is 2.05 bits per heavy atom. The number of amides is 1. The van der Waals surface area contributed by atoms with E-state index in [0.717, 1.165) is 13.0 Å². The predicted molar refractivity (Wildman–Crippen MR) is 72.3 cm³/mol. The highest BCUT2D eigenvalue weighted by Gasteiger charge is 2.14. The number of phenolic OH excluding ortho intramolecular Hbond substituents is 1. The number of rotatable bonds is 6. The van der Waals surface area contributed by atoms with Gasteiger partial charge in [-0.3, -0.25) is 9.69 Å². The second kappa shape index (κ2) is 7.09. The maximum absolute atomic E-state index is 13.2. The Kier molecular flexibility index (Phi) is 5.76. The molecule has 0 saturated carbocycles. The molecule has 0 fully saturated rings. The molecule has 0 aliphatic carbocycles. The van der Waals surface area contributed by atoms with Gasteiger partial charge in [0.1, 0.15) is 11.6 Å². The van der Waals surface area contributed by atoms with Gasteiger partial charge in [0.15, 0.2) is 0 Å². The average Bonchev–Trinajstić information content (AvgIpc) is 2.34. The monoisotopic (exact) mass is 268 g/mol. The molecule has 0 aliphatic rings. The molecule has 0 heterocycles. The quantitative estimate of drug-likeness (QED) is 0.856. The van der Waals surface area contributed by atoms with Gasteiger partial charge >= 0.3 is 0 Å². The maximum atomic E-state index is 13.2. The topological polar surface area (TPSA) is 43.8 Å². The van der Waals surface area contributed by atoms with Crippen LogP contribution < -0.4 is 0 Å². The summed E-state index contributed by atoms with van der Waals surface area (Å²) in [6.07, 6.45) is 0.886. The summed E-state index contributed by atoms with van der Waals surface area (Å²) in [7, 11) is 3.40. The van der Waals surface area contributed by atoms with Crippen molar-refractivity contribution in [3.05, 3.63) is 29.6 Å². The predicted octanol–water partition coefficient (Wildman–Crippen LogP) is 1.83. The Bertz CT molecular complexity index is 435. The number of nitrogens with zero attached hydrogens (tertiary/aromatic N) is 2. The molecule has 0 unspecified atom stereocenters. The van der Waals surface area contributed by atoms with E-state index in [1.54, 1.807) is 14.1 Å². The molecule has 1 amide bonds. The molecule has 0 saturated heterocycles. The van der Waals surface area contributed by atoms with Crippen molar-refractivity contribution in [2.75, 3.05) is 27.2 Å². The summed E-state index contributed by atoms with van der Waals surface area (Å²) in [6, 6.07) is 3.86. The third kappa shape index (κ3) is 4.87. The van der Waals surface area contributed by atoms with E-state index < -0.39 is 0 Å². The summed E-state index contributed by atoms with van der Waals surface area (Å²) in [5.41, 5.74) is 0.500. The standard InChI is InChI=1S/C14H21FN2O2/c1-4-7-17(10-14(19)16(2)3)9-11-8-12(15)5-6-13(11)18/h5-6,8,18H,4,7,9-10H2,1-3H3. The molecule has 5 heteroatoms. The van der Waals surface area contributed by atoms with Crippen LogP contribution in [0.4, 0.5) is 4.39 Å².